The average molecular weight is 219 g/mol. The third kappa shape index (κ3) is 1.67. The lowest BCUT2D eigenvalue weighted by molar-refractivity contribution is 0.946. The van der Waals surface area contributed by atoms with Gasteiger partial charge in [-0.25, -0.2) is 0 Å². The Balaban J connectivity index is 2.70. The van der Waals surface area contributed by atoms with Gasteiger partial charge in [0.1, 0.15) is 0 Å². The van der Waals surface area contributed by atoms with Gasteiger partial charge in [0.15, 0.2) is 0 Å². The van der Waals surface area contributed by atoms with Crippen LogP contribution in [0.1, 0.15) is 37.6 Å². The summed E-state index contributed by atoms with van der Waals surface area (Å²) < 4.78 is -0.142. The van der Waals surface area contributed by atoms with Crippen molar-refractivity contribution in [2.24, 2.45) is 0 Å². The molecule has 0 aromatic carbocycles. The molecule has 2 heteroatoms. The first-order valence-corrected chi connectivity index (χ1v) is 5.65. The zero-order valence-electron chi connectivity index (χ0n) is 9.68. The molecular formula is C13H17NS. The molecule has 0 amide bonds. The number of rotatable bonds is 0. The quantitative estimate of drug-likeness (QED) is 0.617. The summed E-state index contributed by atoms with van der Waals surface area (Å²) in [6.07, 6.45) is 6.49. The molecule has 0 spiro atoms. The first kappa shape index (κ1) is 10.6. The van der Waals surface area contributed by atoms with E-state index in [9.17, 15) is 0 Å². The van der Waals surface area contributed by atoms with Crippen LogP contribution in [0.3, 0.4) is 0 Å². The molecule has 0 fully saturated rings. The summed E-state index contributed by atoms with van der Waals surface area (Å²) in [7, 11) is 0. The third-order valence-electron chi connectivity index (χ3n) is 3.16. The molecule has 1 heterocycles. The molecule has 1 unspecified atom stereocenters. The van der Waals surface area contributed by atoms with Crippen LogP contribution in [-0.2, 0) is 0 Å². The van der Waals surface area contributed by atoms with Crippen molar-refractivity contribution in [3.63, 3.8) is 0 Å². The van der Waals surface area contributed by atoms with Crippen LogP contribution in [0.4, 0.5) is 0 Å². The number of thiol groups is 1. The van der Waals surface area contributed by atoms with E-state index < -0.39 is 0 Å². The zero-order valence-corrected chi connectivity index (χ0v) is 10.6. The van der Waals surface area contributed by atoms with Crippen LogP contribution in [-0.4, -0.2) is 9.73 Å². The van der Waals surface area contributed by atoms with Gasteiger partial charge in [-0.05, 0) is 44.9 Å². The highest BCUT2D eigenvalue weighted by atomic mass is 32.1. The van der Waals surface area contributed by atoms with Gasteiger partial charge < -0.3 is 4.98 Å². The van der Waals surface area contributed by atoms with Gasteiger partial charge in [-0.15, -0.1) is 0 Å². The predicted octanol–water partition coefficient (Wildman–Crippen LogP) is 3.83. The fraction of sp³-hybridized carbons (Fsp3) is 0.385. The second kappa shape index (κ2) is 3.31. The van der Waals surface area contributed by atoms with Crippen molar-refractivity contribution in [1.29, 1.82) is 0 Å². The van der Waals surface area contributed by atoms with Crippen LogP contribution >= 0.6 is 12.6 Å². The maximum Gasteiger partial charge on any atom is 0.0496 e. The predicted molar refractivity (Wildman–Crippen MR) is 70.2 cm³/mol. The van der Waals surface area contributed by atoms with Gasteiger partial charge in [0.2, 0.25) is 0 Å². The summed E-state index contributed by atoms with van der Waals surface area (Å²) in [4.78, 5) is 3.31. The Morgan fingerprint density at radius 3 is 2.60 bits per heavy atom. The van der Waals surface area contributed by atoms with Gasteiger partial charge in [-0.3, -0.25) is 0 Å². The standard InChI is InChI=1S/C13H17NS/c1-8-6-13(4,15)10(3)5-11-12(8)9(2)7-14-11/h5-7,14-15H,1-4H3. The fourth-order valence-electron chi connectivity index (χ4n) is 2.15. The number of allylic oxidation sites excluding steroid dienone is 1. The number of nitrogens with one attached hydrogen (secondary N) is 1. The zero-order chi connectivity index (χ0) is 11.2. The largest absolute Gasteiger partial charge is 0.361 e. The summed E-state index contributed by atoms with van der Waals surface area (Å²) in [5.41, 5.74) is 6.40. The lowest BCUT2D eigenvalue weighted by atomic mass is 9.99. The van der Waals surface area contributed by atoms with Crippen LogP contribution in [0.5, 0.6) is 0 Å². The van der Waals surface area contributed by atoms with Crippen molar-refractivity contribution >= 4 is 24.3 Å². The second-order valence-corrected chi connectivity index (χ2v) is 5.49. The Kier molecular flexibility index (Phi) is 2.34. The molecule has 0 saturated heterocycles. The van der Waals surface area contributed by atoms with Crippen molar-refractivity contribution in [2.45, 2.75) is 32.4 Å². The smallest absolute Gasteiger partial charge is 0.0496 e. The number of hydrogen-bond donors (Lipinski definition) is 2. The molecule has 1 N–H and O–H groups in total. The van der Waals surface area contributed by atoms with E-state index in [1.165, 1.54) is 28.0 Å². The molecule has 15 heavy (non-hydrogen) atoms. The Hall–Kier alpha value is -0.890. The van der Waals surface area contributed by atoms with E-state index in [0.29, 0.717) is 0 Å². The van der Waals surface area contributed by atoms with Gasteiger partial charge in [0.05, 0.1) is 0 Å². The Labute approximate surface area is 96.7 Å². The maximum atomic E-state index is 4.70. The van der Waals surface area contributed by atoms with Gasteiger partial charge in [-0.2, -0.15) is 12.6 Å². The van der Waals surface area contributed by atoms with Crippen LogP contribution < -0.4 is 0 Å². The van der Waals surface area contributed by atoms with Crippen LogP contribution in [0.25, 0.3) is 11.6 Å². The minimum Gasteiger partial charge on any atom is -0.361 e. The van der Waals surface area contributed by atoms with Crippen molar-refractivity contribution < 1.29 is 0 Å². The van der Waals surface area contributed by atoms with E-state index in [1.54, 1.807) is 0 Å². The van der Waals surface area contributed by atoms with E-state index in [0.717, 1.165) is 0 Å². The highest BCUT2D eigenvalue weighted by Gasteiger charge is 2.23. The average Bonchev–Trinajstić information content (AvgIpc) is 2.42. The molecular weight excluding hydrogens is 202 g/mol. The normalized spacial score (nSPS) is 25.4. The summed E-state index contributed by atoms with van der Waals surface area (Å²) in [6.45, 7) is 8.55. The molecule has 80 valence electrons. The molecule has 2 rings (SSSR count). The maximum absolute atomic E-state index is 4.70. The highest BCUT2D eigenvalue weighted by Crippen LogP contribution is 2.36. The summed E-state index contributed by atoms with van der Waals surface area (Å²) in [5.74, 6) is 0. The minimum atomic E-state index is -0.142. The highest BCUT2D eigenvalue weighted by molar-refractivity contribution is 7.82. The second-order valence-electron chi connectivity index (χ2n) is 4.56. The van der Waals surface area contributed by atoms with Gasteiger partial charge >= 0.3 is 0 Å². The molecule has 1 atom stereocenters. The van der Waals surface area contributed by atoms with Crippen LogP contribution in [0.15, 0.2) is 17.8 Å². The lowest BCUT2D eigenvalue weighted by Gasteiger charge is -2.20. The summed E-state index contributed by atoms with van der Waals surface area (Å²) in [5, 5.41) is 0. The topological polar surface area (TPSA) is 15.8 Å². The van der Waals surface area contributed by atoms with E-state index in [-0.39, 0.29) is 4.75 Å². The number of aromatic amines is 1. The molecule has 0 bridgehead atoms. The number of aryl methyl sites for hydroxylation is 1. The molecule has 1 aliphatic rings. The number of hydrogen-bond acceptors (Lipinski definition) is 1. The Morgan fingerprint density at radius 1 is 1.27 bits per heavy atom. The van der Waals surface area contributed by atoms with Crippen molar-refractivity contribution in [2.75, 3.05) is 0 Å². The minimum absolute atomic E-state index is 0.142. The van der Waals surface area contributed by atoms with Crippen molar-refractivity contribution in [3.8, 4) is 0 Å². The van der Waals surface area contributed by atoms with Crippen molar-refractivity contribution in [3.05, 3.63) is 34.7 Å². The molecule has 1 aromatic heterocycles. The SMILES string of the molecule is CC1=CC(C)(S)C(C)=Cc2[nH]cc(C)c21. The molecule has 1 nitrogen and oxygen atoms in total. The molecule has 1 aromatic rings. The third-order valence-corrected chi connectivity index (χ3v) is 3.64. The van der Waals surface area contributed by atoms with Gasteiger partial charge in [0, 0.05) is 22.2 Å². The lowest BCUT2D eigenvalue weighted by Crippen LogP contribution is -2.13. The number of aromatic nitrogens is 1. The summed E-state index contributed by atoms with van der Waals surface area (Å²) >= 11 is 4.70. The van der Waals surface area contributed by atoms with Gasteiger partial charge in [-0.1, -0.05) is 11.6 Å². The van der Waals surface area contributed by atoms with Crippen LogP contribution in [0.2, 0.25) is 0 Å². The van der Waals surface area contributed by atoms with E-state index in [2.05, 4.69) is 51.0 Å². The molecule has 0 aliphatic heterocycles. The first-order chi connectivity index (χ1) is 6.92. The number of H-pyrrole nitrogens is 1. The van der Waals surface area contributed by atoms with E-state index in [1.807, 2.05) is 0 Å². The molecule has 0 saturated carbocycles. The molecule has 1 aliphatic carbocycles. The summed E-state index contributed by atoms with van der Waals surface area (Å²) in [6, 6.07) is 0. The molecule has 0 radical (unpaired) electrons. The Bertz CT molecular complexity index is 461. The Morgan fingerprint density at radius 2 is 1.93 bits per heavy atom. The van der Waals surface area contributed by atoms with E-state index >= 15 is 0 Å². The fourth-order valence-corrected chi connectivity index (χ4v) is 2.41. The number of fused-ring (bicyclic) bond motifs is 1. The van der Waals surface area contributed by atoms with Gasteiger partial charge in [0.25, 0.3) is 0 Å². The van der Waals surface area contributed by atoms with Crippen LogP contribution in [0, 0.1) is 6.92 Å². The van der Waals surface area contributed by atoms with Crippen molar-refractivity contribution in [1.82, 2.24) is 4.98 Å². The monoisotopic (exact) mass is 219 g/mol. The first-order valence-electron chi connectivity index (χ1n) is 5.21. The van der Waals surface area contributed by atoms with E-state index in [4.69, 9.17) is 12.6 Å².